The van der Waals surface area contributed by atoms with Crippen LogP contribution in [0.1, 0.15) is 21.1 Å². The van der Waals surface area contributed by atoms with Crippen LogP contribution >= 0.6 is 0 Å². The molecule has 0 unspecified atom stereocenters. The molecule has 1 radical (unpaired) electrons. The second kappa shape index (κ2) is 8.50. The first-order chi connectivity index (χ1) is 7.75. The molecule has 0 aromatic rings. The van der Waals surface area contributed by atoms with Gasteiger partial charge in [0.15, 0.2) is 5.60 Å². The first kappa shape index (κ1) is 16.4. The third-order valence-corrected chi connectivity index (χ3v) is 2.22. The van der Waals surface area contributed by atoms with Crippen molar-refractivity contribution in [2.24, 2.45) is 5.92 Å². The standard InChI is InChI=1S/C10H14O6.Y/c1-2-10(16,9(14)15)7(8(12)13)5-3-4-6-11;/h3,5-7,16H,2,4H2,1H3,(H,12,13)(H,14,15);/b5-3+;/t7-,10+;/m1./s1/i6D;. The molecule has 7 heteroatoms. The van der Waals surface area contributed by atoms with E-state index in [4.69, 9.17) is 11.6 Å². The number of aldehydes is 1. The molecule has 0 bridgehead atoms. The van der Waals surface area contributed by atoms with Gasteiger partial charge in [0, 0.05) is 39.1 Å². The number of carbonyl (C=O) groups excluding carboxylic acids is 1. The van der Waals surface area contributed by atoms with E-state index in [2.05, 4.69) is 0 Å². The van der Waals surface area contributed by atoms with E-state index in [1.54, 1.807) is 0 Å². The summed E-state index contributed by atoms with van der Waals surface area (Å²) in [5.41, 5.74) is -2.42. The second-order valence-electron chi connectivity index (χ2n) is 3.18. The average molecular weight is 320 g/mol. The Bertz CT molecular complexity index is 356. The molecule has 17 heavy (non-hydrogen) atoms. The summed E-state index contributed by atoms with van der Waals surface area (Å²) in [7, 11) is 0. The number of hydrogen-bond donors (Lipinski definition) is 3. The predicted octanol–water partition coefficient (Wildman–Crippen LogP) is 0.0556. The molecule has 0 rings (SSSR count). The van der Waals surface area contributed by atoms with Crippen LogP contribution in [-0.2, 0) is 47.1 Å². The van der Waals surface area contributed by atoms with Gasteiger partial charge in [-0.25, -0.2) is 4.79 Å². The summed E-state index contributed by atoms with van der Waals surface area (Å²) in [6.45, 7) is 1.34. The van der Waals surface area contributed by atoms with Crippen molar-refractivity contribution < 1.29 is 63.8 Å². The van der Waals surface area contributed by atoms with Crippen molar-refractivity contribution >= 4 is 18.2 Å². The van der Waals surface area contributed by atoms with Crippen LogP contribution in [0, 0.1) is 5.92 Å². The molecule has 0 saturated carbocycles. The van der Waals surface area contributed by atoms with Crippen molar-refractivity contribution in [2.45, 2.75) is 25.4 Å². The number of aliphatic carboxylic acids is 2. The van der Waals surface area contributed by atoms with Crippen molar-refractivity contribution in [3.8, 4) is 0 Å². The normalized spacial score (nSPS) is 16.5. The van der Waals surface area contributed by atoms with Gasteiger partial charge in [0.05, 0.1) is 0 Å². The average Bonchev–Trinajstić information content (AvgIpc) is 2.22. The largest absolute Gasteiger partial charge is 0.481 e. The number of carboxylic acids is 2. The van der Waals surface area contributed by atoms with E-state index in [9.17, 15) is 19.5 Å². The molecule has 3 N–H and O–H groups in total. The topological polar surface area (TPSA) is 112 Å². The number of allylic oxidation sites excluding steroid dienone is 1. The summed E-state index contributed by atoms with van der Waals surface area (Å²) in [6.07, 6.45) is 0.437. The van der Waals surface area contributed by atoms with Crippen LogP contribution in [0.2, 0.25) is 0 Å². The second-order valence-corrected chi connectivity index (χ2v) is 3.18. The summed E-state index contributed by atoms with van der Waals surface area (Å²) >= 11 is 0. The summed E-state index contributed by atoms with van der Waals surface area (Å²) in [4.78, 5) is 32.1. The first-order valence-electron chi connectivity index (χ1n) is 5.10. The van der Waals surface area contributed by atoms with Crippen LogP contribution in [0.25, 0.3) is 0 Å². The van der Waals surface area contributed by atoms with Gasteiger partial charge in [0.2, 0.25) is 0 Å². The number of aliphatic hydroxyl groups is 1. The van der Waals surface area contributed by atoms with E-state index in [1.165, 1.54) is 6.92 Å². The van der Waals surface area contributed by atoms with Crippen molar-refractivity contribution in [2.75, 3.05) is 0 Å². The van der Waals surface area contributed by atoms with Gasteiger partial charge in [0.25, 0.3) is 0 Å². The Kier molecular flexibility index (Phi) is 8.20. The molecule has 0 aliphatic rings. The number of rotatable bonds is 7. The maximum absolute atomic E-state index is 10.9. The Morgan fingerprint density at radius 1 is 1.47 bits per heavy atom. The van der Waals surface area contributed by atoms with Crippen LogP contribution in [-0.4, -0.2) is 39.1 Å². The van der Waals surface area contributed by atoms with Crippen molar-refractivity contribution in [1.82, 2.24) is 0 Å². The maximum Gasteiger partial charge on any atom is 0.336 e. The van der Waals surface area contributed by atoms with E-state index in [0.29, 0.717) is 0 Å². The Balaban J connectivity index is 0. The van der Waals surface area contributed by atoms with E-state index < -0.39 is 29.7 Å². The first-order valence-corrected chi connectivity index (χ1v) is 4.60. The maximum atomic E-state index is 10.9. The van der Waals surface area contributed by atoms with Gasteiger partial charge in [-0.2, -0.15) is 0 Å². The molecule has 0 heterocycles. The Hall–Kier alpha value is -0.586. The predicted molar refractivity (Wildman–Crippen MR) is 53.8 cm³/mol. The molecule has 6 nitrogen and oxygen atoms in total. The van der Waals surface area contributed by atoms with Crippen LogP contribution < -0.4 is 0 Å². The minimum absolute atomic E-state index is 0. The molecular weight excluding hydrogens is 305 g/mol. The van der Waals surface area contributed by atoms with Gasteiger partial charge >= 0.3 is 11.9 Å². The molecule has 0 aromatic carbocycles. The summed E-state index contributed by atoms with van der Waals surface area (Å²) in [6, 6.07) is 0. The van der Waals surface area contributed by atoms with Gasteiger partial charge < -0.3 is 20.1 Å². The van der Waals surface area contributed by atoms with Crippen molar-refractivity contribution in [3.63, 3.8) is 0 Å². The Morgan fingerprint density at radius 3 is 2.29 bits per heavy atom. The Morgan fingerprint density at radius 2 is 2.00 bits per heavy atom. The molecule has 93 valence electrons. The van der Waals surface area contributed by atoms with Crippen LogP contribution in [0.5, 0.6) is 0 Å². The quantitative estimate of drug-likeness (QED) is 0.452. The van der Waals surface area contributed by atoms with Gasteiger partial charge in [0.1, 0.15) is 13.6 Å². The smallest absolute Gasteiger partial charge is 0.336 e. The van der Waals surface area contributed by atoms with E-state index in [-0.39, 0.29) is 45.6 Å². The van der Waals surface area contributed by atoms with Gasteiger partial charge in [-0.1, -0.05) is 19.1 Å². The zero-order valence-corrected chi connectivity index (χ0v) is 12.1. The van der Waals surface area contributed by atoms with Gasteiger partial charge in [-0.3, -0.25) is 4.79 Å². The zero-order valence-electron chi connectivity index (χ0n) is 10.3. The molecule has 0 aliphatic heterocycles. The van der Waals surface area contributed by atoms with Gasteiger partial charge in [-0.15, -0.1) is 0 Å². The molecule has 0 aliphatic carbocycles. The van der Waals surface area contributed by atoms with Crippen LogP contribution in [0.4, 0.5) is 0 Å². The van der Waals surface area contributed by atoms with E-state index in [0.717, 1.165) is 12.2 Å². The monoisotopic (exact) mass is 320 g/mol. The molecule has 2 atom stereocenters. The third kappa shape index (κ3) is 5.06. The molecule has 0 amide bonds. The Labute approximate surface area is 125 Å². The molecule has 0 saturated heterocycles. The number of carboxylic acid groups (broad SMARTS) is 2. The fourth-order valence-electron chi connectivity index (χ4n) is 1.20. The third-order valence-electron chi connectivity index (χ3n) is 2.22. The fraction of sp³-hybridized carbons (Fsp3) is 0.500. The summed E-state index contributed by atoms with van der Waals surface area (Å²) in [5.74, 6) is -4.82. The number of carbonyl (C=O) groups is 3. The minimum atomic E-state index is -2.42. The van der Waals surface area contributed by atoms with E-state index in [1.807, 2.05) is 0 Å². The minimum Gasteiger partial charge on any atom is -0.481 e. The summed E-state index contributed by atoms with van der Waals surface area (Å²) < 4.78 is 6.60. The number of hydrogen-bond acceptors (Lipinski definition) is 4. The molecule has 0 aromatic heterocycles. The zero-order chi connectivity index (χ0) is 13.6. The van der Waals surface area contributed by atoms with E-state index >= 15 is 0 Å². The molecular formula is C10H14O6Y. The summed E-state index contributed by atoms with van der Waals surface area (Å²) in [5, 5.41) is 27.4. The molecule has 0 fully saturated rings. The van der Waals surface area contributed by atoms with Crippen molar-refractivity contribution in [3.05, 3.63) is 12.2 Å². The fourth-order valence-corrected chi connectivity index (χ4v) is 1.20. The molecule has 0 spiro atoms. The van der Waals surface area contributed by atoms with Gasteiger partial charge in [-0.05, 0) is 6.42 Å². The van der Waals surface area contributed by atoms with Crippen LogP contribution in [0.3, 0.4) is 0 Å². The van der Waals surface area contributed by atoms with Crippen molar-refractivity contribution in [1.29, 1.82) is 0 Å². The SMILES string of the molecule is [2H]C(=O)C/C=C/[C@H](C(=O)O)[C@@](O)(CC)C(=O)O.[Y]. The van der Waals surface area contributed by atoms with Crippen LogP contribution in [0.15, 0.2) is 12.2 Å².